The summed E-state index contributed by atoms with van der Waals surface area (Å²) < 4.78 is 2.06. The monoisotopic (exact) mass is 216 g/mol. The zero-order valence-electron chi connectivity index (χ0n) is 9.48. The van der Waals surface area contributed by atoms with Crippen LogP contribution in [0.1, 0.15) is 24.8 Å². The van der Waals surface area contributed by atoms with E-state index in [1.807, 2.05) is 19.3 Å². The van der Waals surface area contributed by atoms with E-state index >= 15 is 0 Å². The molecule has 0 aromatic carbocycles. The molecule has 3 rings (SSSR count). The third kappa shape index (κ3) is 1.15. The molecule has 1 fully saturated rings. The first-order valence-corrected chi connectivity index (χ1v) is 5.78. The summed E-state index contributed by atoms with van der Waals surface area (Å²) in [7, 11) is 2.02. The van der Waals surface area contributed by atoms with Gasteiger partial charge < -0.3 is 9.67 Å². The predicted octanol–water partition coefficient (Wildman–Crippen LogP) is 1.99. The Morgan fingerprint density at radius 2 is 2.31 bits per heavy atom. The molecule has 2 aromatic rings. The maximum Gasteiger partial charge on any atom is 0.139 e. The van der Waals surface area contributed by atoms with Crippen molar-refractivity contribution >= 4 is 11.0 Å². The van der Waals surface area contributed by atoms with Crippen LogP contribution in [0.5, 0.6) is 0 Å². The molecule has 0 spiro atoms. The van der Waals surface area contributed by atoms with E-state index in [0.29, 0.717) is 0 Å². The maximum atomic E-state index is 9.63. The molecule has 1 saturated carbocycles. The van der Waals surface area contributed by atoms with E-state index in [9.17, 15) is 5.11 Å². The number of aliphatic hydroxyl groups is 1. The topological polar surface area (TPSA) is 38.0 Å². The molecule has 0 aliphatic heterocycles. The molecule has 1 aliphatic rings. The predicted molar refractivity (Wildman–Crippen MR) is 63.3 cm³/mol. The molecule has 0 bridgehead atoms. The molecule has 0 amide bonds. The lowest BCUT2D eigenvalue weighted by molar-refractivity contribution is 0.121. The fourth-order valence-corrected chi connectivity index (χ4v) is 2.75. The number of fused-ring (bicyclic) bond motifs is 1. The highest BCUT2D eigenvalue weighted by molar-refractivity contribution is 5.81. The van der Waals surface area contributed by atoms with Gasteiger partial charge in [-0.15, -0.1) is 0 Å². The number of aliphatic hydroxyl groups excluding tert-OH is 1. The molecule has 0 radical (unpaired) electrons. The first-order valence-electron chi connectivity index (χ1n) is 5.78. The van der Waals surface area contributed by atoms with Gasteiger partial charge in [-0.25, -0.2) is 4.98 Å². The van der Waals surface area contributed by atoms with Crippen LogP contribution in [0.15, 0.2) is 24.5 Å². The molecule has 0 atom stereocenters. The summed E-state index contributed by atoms with van der Waals surface area (Å²) in [6, 6.07) is 4.07. The maximum absolute atomic E-state index is 9.63. The van der Waals surface area contributed by atoms with E-state index < -0.39 is 0 Å². The smallest absolute Gasteiger partial charge is 0.139 e. The molecule has 16 heavy (non-hydrogen) atoms. The van der Waals surface area contributed by atoms with Gasteiger partial charge in [-0.05, 0) is 30.5 Å². The number of aromatic nitrogens is 2. The van der Waals surface area contributed by atoms with E-state index in [1.165, 1.54) is 17.4 Å². The Morgan fingerprint density at radius 3 is 2.94 bits per heavy atom. The highest BCUT2D eigenvalue weighted by atomic mass is 16.3. The quantitative estimate of drug-likeness (QED) is 0.833. The van der Waals surface area contributed by atoms with Crippen molar-refractivity contribution in [3.8, 4) is 0 Å². The van der Waals surface area contributed by atoms with Crippen molar-refractivity contribution in [3.63, 3.8) is 0 Å². The fourth-order valence-electron chi connectivity index (χ4n) is 2.75. The number of aryl methyl sites for hydroxylation is 1. The molecule has 3 nitrogen and oxygen atoms in total. The third-order valence-electron chi connectivity index (χ3n) is 3.92. The van der Waals surface area contributed by atoms with Crippen molar-refractivity contribution in [1.82, 2.24) is 9.55 Å². The van der Waals surface area contributed by atoms with Crippen LogP contribution in [0, 0.1) is 0 Å². The number of nitrogens with zero attached hydrogens (tertiary/aromatic N) is 2. The average Bonchev–Trinajstić information content (AvgIpc) is 2.58. The van der Waals surface area contributed by atoms with Gasteiger partial charge in [0.05, 0.1) is 6.61 Å². The lowest BCUT2D eigenvalue weighted by Crippen LogP contribution is -2.37. The molecular weight excluding hydrogens is 200 g/mol. The summed E-state index contributed by atoms with van der Waals surface area (Å²) in [5.41, 5.74) is 2.28. The summed E-state index contributed by atoms with van der Waals surface area (Å²) in [6.45, 7) is 0.251. The minimum atomic E-state index is 0.00252. The second-order valence-corrected chi connectivity index (χ2v) is 4.82. The summed E-state index contributed by atoms with van der Waals surface area (Å²) >= 11 is 0. The first-order chi connectivity index (χ1) is 7.77. The first kappa shape index (κ1) is 9.85. The Labute approximate surface area is 94.7 Å². The van der Waals surface area contributed by atoms with E-state index in [-0.39, 0.29) is 12.0 Å². The Bertz CT molecular complexity index is 520. The van der Waals surface area contributed by atoms with Crippen molar-refractivity contribution in [2.75, 3.05) is 6.61 Å². The summed E-state index contributed by atoms with van der Waals surface area (Å²) in [6.07, 6.45) is 7.36. The van der Waals surface area contributed by atoms with E-state index in [0.717, 1.165) is 18.5 Å². The summed E-state index contributed by atoms with van der Waals surface area (Å²) in [4.78, 5) is 4.39. The van der Waals surface area contributed by atoms with Crippen LogP contribution < -0.4 is 0 Å². The van der Waals surface area contributed by atoms with Gasteiger partial charge in [-0.1, -0.05) is 6.42 Å². The van der Waals surface area contributed by atoms with Crippen molar-refractivity contribution in [2.45, 2.75) is 24.7 Å². The van der Waals surface area contributed by atoms with Gasteiger partial charge in [-0.3, -0.25) is 0 Å². The standard InChI is InChI=1S/C13H16N2O/c1-15-8-11(13(9-16)5-3-6-13)10-4-2-7-14-12(10)15/h2,4,7-8,16H,3,5-6,9H2,1H3. The molecule has 2 aromatic heterocycles. The third-order valence-corrected chi connectivity index (χ3v) is 3.92. The van der Waals surface area contributed by atoms with Crippen LogP contribution in [-0.2, 0) is 12.5 Å². The number of hydrogen-bond donors (Lipinski definition) is 1. The molecule has 0 unspecified atom stereocenters. The van der Waals surface area contributed by atoms with Gasteiger partial charge in [0, 0.05) is 30.2 Å². The molecule has 2 heterocycles. The Balaban J connectivity index is 2.24. The van der Waals surface area contributed by atoms with Gasteiger partial charge in [0.1, 0.15) is 5.65 Å². The normalized spacial score (nSPS) is 18.6. The second-order valence-electron chi connectivity index (χ2n) is 4.82. The van der Waals surface area contributed by atoms with Crippen molar-refractivity contribution in [3.05, 3.63) is 30.1 Å². The molecule has 0 saturated heterocycles. The Hall–Kier alpha value is -1.35. The van der Waals surface area contributed by atoms with Crippen molar-refractivity contribution < 1.29 is 5.11 Å². The largest absolute Gasteiger partial charge is 0.395 e. The zero-order chi connectivity index (χ0) is 11.2. The molecule has 3 heteroatoms. The molecule has 1 N–H and O–H groups in total. The van der Waals surface area contributed by atoms with Gasteiger partial charge in [-0.2, -0.15) is 0 Å². The highest BCUT2D eigenvalue weighted by Gasteiger charge is 2.40. The van der Waals surface area contributed by atoms with Crippen LogP contribution in [0.4, 0.5) is 0 Å². The van der Waals surface area contributed by atoms with E-state index in [1.54, 1.807) is 0 Å². The summed E-state index contributed by atoms with van der Waals surface area (Å²) in [5, 5.41) is 10.8. The molecule has 84 valence electrons. The van der Waals surface area contributed by atoms with Crippen LogP contribution >= 0.6 is 0 Å². The van der Waals surface area contributed by atoms with Crippen molar-refractivity contribution in [2.24, 2.45) is 7.05 Å². The SMILES string of the molecule is Cn1cc(C2(CO)CCC2)c2cccnc21. The summed E-state index contributed by atoms with van der Waals surface area (Å²) in [5.74, 6) is 0. The van der Waals surface area contributed by atoms with Gasteiger partial charge >= 0.3 is 0 Å². The van der Waals surface area contributed by atoms with Crippen molar-refractivity contribution in [1.29, 1.82) is 0 Å². The average molecular weight is 216 g/mol. The minimum Gasteiger partial charge on any atom is -0.395 e. The van der Waals surface area contributed by atoms with Gasteiger partial charge in [0.25, 0.3) is 0 Å². The van der Waals surface area contributed by atoms with E-state index in [4.69, 9.17) is 0 Å². The highest BCUT2D eigenvalue weighted by Crippen LogP contribution is 2.45. The van der Waals surface area contributed by atoms with Crippen LogP contribution in [0.2, 0.25) is 0 Å². The Morgan fingerprint density at radius 1 is 1.50 bits per heavy atom. The molecular formula is C13H16N2O. The lowest BCUT2D eigenvalue weighted by Gasteiger charge is -2.40. The van der Waals surface area contributed by atoms with Gasteiger partial charge in [0.15, 0.2) is 0 Å². The minimum absolute atomic E-state index is 0.00252. The van der Waals surface area contributed by atoms with Gasteiger partial charge in [0.2, 0.25) is 0 Å². The zero-order valence-corrected chi connectivity index (χ0v) is 9.48. The van der Waals surface area contributed by atoms with Crippen LogP contribution in [0.25, 0.3) is 11.0 Å². The fraction of sp³-hybridized carbons (Fsp3) is 0.462. The second kappa shape index (κ2) is 3.32. The number of pyridine rings is 1. The molecule has 1 aliphatic carbocycles. The van der Waals surface area contributed by atoms with Crippen LogP contribution in [0.3, 0.4) is 0 Å². The number of rotatable bonds is 2. The van der Waals surface area contributed by atoms with Crippen LogP contribution in [-0.4, -0.2) is 21.3 Å². The number of hydrogen-bond acceptors (Lipinski definition) is 2. The lowest BCUT2D eigenvalue weighted by atomic mass is 9.65. The Kier molecular flexibility index (Phi) is 2.04. The van der Waals surface area contributed by atoms with E-state index in [2.05, 4.69) is 21.8 Å².